The summed E-state index contributed by atoms with van der Waals surface area (Å²) < 4.78 is 17.2. The fourth-order valence-corrected chi connectivity index (χ4v) is 4.10. The van der Waals surface area contributed by atoms with Crippen molar-refractivity contribution in [1.82, 2.24) is 4.98 Å². The van der Waals surface area contributed by atoms with Gasteiger partial charge in [-0.2, -0.15) is 0 Å². The van der Waals surface area contributed by atoms with E-state index in [1.54, 1.807) is 24.5 Å². The molecular weight excluding hydrogens is 380 g/mol. The number of anilines is 1. The highest BCUT2D eigenvalue weighted by atomic mass is 32.2. The van der Waals surface area contributed by atoms with E-state index in [1.807, 2.05) is 41.8 Å². The van der Waals surface area contributed by atoms with Crippen molar-refractivity contribution in [3.63, 3.8) is 0 Å². The quantitative estimate of drug-likeness (QED) is 0.531. The summed E-state index contributed by atoms with van der Waals surface area (Å²) in [4.78, 5) is 17.0. The third kappa shape index (κ3) is 3.99. The lowest BCUT2D eigenvalue weighted by molar-refractivity contribution is 0.102. The summed E-state index contributed by atoms with van der Waals surface area (Å²) >= 11 is 1.34. The number of thiazole rings is 1. The molecule has 0 aliphatic rings. The van der Waals surface area contributed by atoms with E-state index in [1.165, 1.54) is 11.3 Å². The van der Waals surface area contributed by atoms with Gasteiger partial charge >= 0.3 is 0 Å². The largest absolute Gasteiger partial charge is 0.454 e. The topological polar surface area (TPSA) is 72.2 Å². The molecule has 1 amide bonds. The number of furan rings is 1. The first-order valence-electron chi connectivity index (χ1n) is 8.23. The number of amides is 1. The Morgan fingerprint density at radius 2 is 2.04 bits per heavy atom. The number of para-hydroxylation sites is 1. The maximum atomic E-state index is 12.5. The predicted octanol–water partition coefficient (Wildman–Crippen LogP) is 4.69. The van der Waals surface area contributed by atoms with E-state index in [9.17, 15) is 9.00 Å². The molecule has 5 nitrogen and oxygen atoms in total. The highest BCUT2D eigenvalue weighted by molar-refractivity contribution is 7.83. The molecule has 0 spiro atoms. The van der Waals surface area contributed by atoms with Crippen molar-refractivity contribution in [3.8, 4) is 11.5 Å². The minimum absolute atomic E-state index is 0.246. The van der Waals surface area contributed by atoms with Crippen LogP contribution in [0.25, 0.3) is 22.4 Å². The van der Waals surface area contributed by atoms with Crippen LogP contribution in [0.4, 0.5) is 5.13 Å². The number of aromatic nitrogens is 1. The number of nitrogens with one attached hydrogen (secondary N) is 1. The van der Waals surface area contributed by atoms with Gasteiger partial charge in [0.25, 0.3) is 5.91 Å². The van der Waals surface area contributed by atoms with Crippen LogP contribution in [0.5, 0.6) is 0 Å². The molecule has 2 heterocycles. The van der Waals surface area contributed by atoms with Crippen molar-refractivity contribution in [2.45, 2.75) is 5.75 Å². The molecule has 136 valence electrons. The van der Waals surface area contributed by atoms with Crippen molar-refractivity contribution in [3.05, 3.63) is 71.1 Å². The maximum Gasteiger partial charge on any atom is 0.257 e. The Balaban J connectivity index is 1.52. The van der Waals surface area contributed by atoms with Gasteiger partial charge in [-0.3, -0.25) is 14.3 Å². The molecule has 0 saturated heterocycles. The first kappa shape index (κ1) is 17.6. The lowest BCUT2D eigenvalue weighted by Crippen LogP contribution is -2.12. The summed E-state index contributed by atoms with van der Waals surface area (Å²) in [6.45, 7) is 0. The number of hydrogen-bond acceptors (Lipinski definition) is 5. The van der Waals surface area contributed by atoms with Gasteiger partial charge in [0, 0.05) is 39.1 Å². The molecule has 0 radical (unpaired) electrons. The Hall–Kier alpha value is -2.77. The fraction of sp³-hybridized carbons (Fsp3) is 0.100. The van der Waals surface area contributed by atoms with E-state index in [4.69, 9.17) is 4.42 Å². The second kappa shape index (κ2) is 7.46. The van der Waals surface area contributed by atoms with Crippen molar-refractivity contribution < 1.29 is 13.4 Å². The highest BCUT2D eigenvalue weighted by Gasteiger charge is 2.13. The van der Waals surface area contributed by atoms with Crippen LogP contribution in [0.2, 0.25) is 0 Å². The van der Waals surface area contributed by atoms with Crippen molar-refractivity contribution in [1.29, 1.82) is 0 Å². The van der Waals surface area contributed by atoms with E-state index in [0.717, 1.165) is 16.5 Å². The standard InChI is InChI=1S/C20H16N2O3S2/c1-27(24)12-13-5-4-7-15(9-13)19(23)22-20-21-16(11-26-20)18-10-14-6-2-3-8-17(14)25-18/h2-11H,12H2,1H3,(H,21,22,23). The van der Waals surface area contributed by atoms with Crippen LogP contribution in [0.1, 0.15) is 15.9 Å². The molecule has 4 aromatic rings. The highest BCUT2D eigenvalue weighted by Crippen LogP contribution is 2.30. The Bertz CT molecular complexity index is 1110. The first-order chi connectivity index (χ1) is 13.1. The summed E-state index contributed by atoms with van der Waals surface area (Å²) in [5.74, 6) is 0.846. The van der Waals surface area contributed by atoms with Gasteiger partial charge in [-0.15, -0.1) is 11.3 Å². The van der Waals surface area contributed by atoms with Crippen LogP contribution in [-0.2, 0) is 16.6 Å². The second-order valence-corrected chi connectivity index (χ2v) is 8.35. The van der Waals surface area contributed by atoms with Crippen LogP contribution in [0, 0.1) is 0 Å². The molecule has 2 aromatic carbocycles. The molecule has 0 fully saturated rings. The Labute approximate surface area is 162 Å². The monoisotopic (exact) mass is 396 g/mol. The number of benzene rings is 2. The number of carbonyl (C=O) groups is 1. The third-order valence-electron chi connectivity index (χ3n) is 3.96. The number of hydrogen-bond donors (Lipinski definition) is 1. The van der Waals surface area contributed by atoms with Gasteiger partial charge in [0.2, 0.25) is 0 Å². The third-order valence-corrected chi connectivity index (χ3v) is 5.46. The lowest BCUT2D eigenvalue weighted by atomic mass is 10.1. The Kier molecular flexibility index (Phi) is 4.87. The Morgan fingerprint density at radius 3 is 2.85 bits per heavy atom. The molecule has 4 rings (SSSR count). The average Bonchev–Trinajstić information content (AvgIpc) is 3.27. The zero-order chi connectivity index (χ0) is 18.8. The van der Waals surface area contributed by atoms with Crippen LogP contribution in [-0.4, -0.2) is 21.4 Å². The zero-order valence-electron chi connectivity index (χ0n) is 14.5. The van der Waals surface area contributed by atoms with Crippen LogP contribution in [0.15, 0.2) is 64.4 Å². The van der Waals surface area contributed by atoms with Crippen LogP contribution < -0.4 is 5.32 Å². The molecule has 0 saturated carbocycles. The summed E-state index contributed by atoms with van der Waals surface area (Å²) in [5.41, 5.74) is 2.86. The molecule has 0 aliphatic carbocycles. The summed E-state index contributed by atoms with van der Waals surface area (Å²) in [6, 6.07) is 16.8. The molecule has 1 atom stereocenters. The van der Waals surface area contributed by atoms with E-state index < -0.39 is 10.8 Å². The van der Waals surface area contributed by atoms with Crippen molar-refractivity contribution >= 4 is 44.1 Å². The van der Waals surface area contributed by atoms with Crippen molar-refractivity contribution in [2.24, 2.45) is 0 Å². The minimum Gasteiger partial charge on any atom is -0.454 e. The van der Waals surface area contributed by atoms with Gasteiger partial charge in [0.1, 0.15) is 11.3 Å². The lowest BCUT2D eigenvalue weighted by Gasteiger charge is -2.04. The maximum absolute atomic E-state index is 12.5. The zero-order valence-corrected chi connectivity index (χ0v) is 16.1. The number of nitrogens with zero attached hydrogens (tertiary/aromatic N) is 1. The van der Waals surface area contributed by atoms with Gasteiger partial charge in [-0.1, -0.05) is 30.3 Å². The predicted molar refractivity (Wildman–Crippen MR) is 109 cm³/mol. The molecule has 1 unspecified atom stereocenters. The second-order valence-electron chi connectivity index (χ2n) is 6.06. The van der Waals surface area contributed by atoms with Gasteiger partial charge < -0.3 is 4.42 Å². The smallest absolute Gasteiger partial charge is 0.257 e. The normalized spacial score (nSPS) is 12.2. The van der Waals surface area contributed by atoms with Gasteiger partial charge in [-0.05, 0) is 29.8 Å². The molecule has 27 heavy (non-hydrogen) atoms. The molecule has 0 bridgehead atoms. The Morgan fingerprint density at radius 1 is 1.19 bits per heavy atom. The summed E-state index contributed by atoms with van der Waals surface area (Å²) in [7, 11) is -0.953. The van der Waals surface area contributed by atoms with Gasteiger partial charge in [0.05, 0.1) is 0 Å². The average molecular weight is 396 g/mol. The van der Waals surface area contributed by atoms with Crippen LogP contribution >= 0.6 is 11.3 Å². The molecule has 7 heteroatoms. The molecular formula is C20H16N2O3S2. The minimum atomic E-state index is -0.953. The van der Waals surface area contributed by atoms with E-state index >= 15 is 0 Å². The van der Waals surface area contributed by atoms with E-state index in [-0.39, 0.29) is 5.91 Å². The van der Waals surface area contributed by atoms with Crippen LogP contribution in [0.3, 0.4) is 0 Å². The fourth-order valence-electron chi connectivity index (χ4n) is 2.76. The number of fused-ring (bicyclic) bond motifs is 1. The SMILES string of the molecule is CS(=O)Cc1cccc(C(=O)Nc2nc(-c3cc4ccccc4o3)cs2)c1. The number of rotatable bonds is 5. The van der Waals surface area contributed by atoms with Gasteiger partial charge in [0.15, 0.2) is 10.9 Å². The number of carbonyl (C=O) groups excluding carboxylic acids is 1. The molecule has 2 aromatic heterocycles. The molecule has 1 N–H and O–H groups in total. The van der Waals surface area contributed by atoms with E-state index in [0.29, 0.717) is 27.9 Å². The van der Waals surface area contributed by atoms with E-state index in [2.05, 4.69) is 10.3 Å². The van der Waals surface area contributed by atoms with Crippen molar-refractivity contribution in [2.75, 3.05) is 11.6 Å². The summed E-state index contributed by atoms with van der Waals surface area (Å²) in [5, 5.41) is 6.18. The van der Waals surface area contributed by atoms with Gasteiger partial charge in [-0.25, -0.2) is 4.98 Å². The first-order valence-corrected chi connectivity index (χ1v) is 10.8. The summed E-state index contributed by atoms with van der Waals surface area (Å²) in [6.07, 6.45) is 1.64. The molecule has 0 aliphatic heterocycles.